The number of nitrogens with zero attached hydrogens (tertiary/aromatic N) is 2. The number of furan rings is 1. The number of nitrogens with one attached hydrogen (secondary N) is 1. The van der Waals surface area contributed by atoms with Crippen molar-refractivity contribution in [1.29, 1.82) is 0 Å². The molecule has 0 fully saturated rings. The van der Waals surface area contributed by atoms with Gasteiger partial charge in [0.2, 0.25) is 0 Å². The Morgan fingerprint density at radius 3 is 2.87 bits per heavy atom. The fourth-order valence-corrected chi connectivity index (χ4v) is 2.38. The number of carboxylic acids is 1. The summed E-state index contributed by atoms with van der Waals surface area (Å²) in [5.41, 5.74) is 1.50. The molecule has 2 aromatic heterocycles. The van der Waals surface area contributed by atoms with Gasteiger partial charge in [0.05, 0.1) is 23.3 Å². The summed E-state index contributed by atoms with van der Waals surface area (Å²) in [7, 11) is 1.84. The molecule has 0 bridgehead atoms. The van der Waals surface area contributed by atoms with Crippen LogP contribution in [0.3, 0.4) is 0 Å². The molecule has 23 heavy (non-hydrogen) atoms. The maximum atomic E-state index is 11.8. The number of aromatic carboxylic acids is 1. The van der Waals surface area contributed by atoms with E-state index in [-0.39, 0.29) is 17.2 Å². The smallest absolute Gasteiger partial charge is 0.286 e. The average Bonchev–Trinajstić information content (AvgIpc) is 3.16. The summed E-state index contributed by atoms with van der Waals surface area (Å²) in [5.74, 6) is -0.512. The van der Waals surface area contributed by atoms with Crippen molar-refractivity contribution in [2.45, 2.75) is 6.42 Å². The number of carbonyl (C=O) groups is 2. The molecule has 0 radical (unpaired) electrons. The quantitative estimate of drug-likeness (QED) is 0.739. The highest BCUT2D eigenvalue weighted by molar-refractivity contribution is 5.92. The first-order valence-corrected chi connectivity index (χ1v) is 7.04. The lowest BCUT2D eigenvalue weighted by Crippen LogP contribution is -2.25. The highest BCUT2D eigenvalue weighted by atomic mass is 16.4. The van der Waals surface area contributed by atoms with Crippen molar-refractivity contribution in [3.05, 3.63) is 53.7 Å². The number of carbonyl (C=O) groups excluding carboxylic acids is 2. The SMILES string of the molecule is Cn1c(CCNC(=O)c2ccco2)nc2cc(C(=O)[O-])ccc21. The van der Waals surface area contributed by atoms with Crippen molar-refractivity contribution in [2.24, 2.45) is 7.05 Å². The molecule has 7 heteroatoms. The second-order valence-corrected chi connectivity index (χ2v) is 5.06. The van der Waals surface area contributed by atoms with Crippen molar-refractivity contribution in [2.75, 3.05) is 6.54 Å². The standard InChI is InChI=1S/C16H15N3O4/c1-19-12-5-4-10(16(21)22)9-11(12)18-14(19)6-7-17-15(20)13-3-2-8-23-13/h2-5,8-9H,6-7H2,1H3,(H,17,20)(H,21,22)/p-1. The monoisotopic (exact) mass is 312 g/mol. The number of rotatable bonds is 5. The molecule has 1 N–H and O–H groups in total. The largest absolute Gasteiger partial charge is 0.545 e. The van der Waals surface area contributed by atoms with Crippen LogP contribution in [0, 0.1) is 0 Å². The number of benzene rings is 1. The van der Waals surface area contributed by atoms with Crippen molar-refractivity contribution in [3.8, 4) is 0 Å². The third-order valence-electron chi connectivity index (χ3n) is 3.59. The van der Waals surface area contributed by atoms with Gasteiger partial charge in [-0.3, -0.25) is 4.79 Å². The Balaban J connectivity index is 1.71. The molecular weight excluding hydrogens is 298 g/mol. The van der Waals surface area contributed by atoms with Crippen molar-refractivity contribution >= 4 is 22.9 Å². The Labute approximate surface area is 131 Å². The molecule has 118 valence electrons. The predicted molar refractivity (Wildman–Crippen MR) is 79.8 cm³/mol. The van der Waals surface area contributed by atoms with Gasteiger partial charge in [-0.25, -0.2) is 4.98 Å². The summed E-state index contributed by atoms with van der Waals surface area (Å²) in [6, 6.07) is 7.90. The molecule has 0 saturated heterocycles. The van der Waals surface area contributed by atoms with Gasteiger partial charge in [-0.15, -0.1) is 0 Å². The number of imidazole rings is 1. The predicted octanol–water partition coefficient (Wildman–Crippen LogP) is 0.502. The van der Waals surface area contributed by atoms with Crippen LogP contribution in [0.25, 0.3) is 11.0 Å². The third kappa shape index (κ3) is 2.94. The fourth-order valence-electron chi connectivity index (χ4n) is 2.38. The molecule has 0 unspecified atom stereocenters. The fraction of sp³-hybridized carbons (Fsp3) is 0.188. The first-order chi connectivity index (χ1) is 11.1. The molecule has 1 amide bonds. The third-order valence-corrected chi connectivity index (χ3v) is 3.59. The van der Waals surface area contributed by atoms with Gasteiger partial charge in [-0.05, 0) is 29.8 Å². The van der Waals surface area contributed by atoms with E-state index in [9.17, 15) is 14.7 Å². The van der Waals surface area contributed by atoms with Crippen LogP contribution in [-0.4, -0.2) is 28.0 Å². The first-order valence-electron chi connectivity index (χ1n) is 7.04. The lowest BCUT2D eigenvalue weighted by Gasteiger charge is -2.04. The molecule has 7 nitrogen and oxygen atoms in total. The van der Waals surface area contributed by atoms with Crippen LogP contribution in [0.5, 0.6) is 0 Å². The highest BCUT2D eigenvalue weighted by Gasteiger charge is 2.11. The summed E-state index contributed by atoms with van der Waals surface area (Å²) in [6.07, 6.45) is 1.95. The van der Waals surface area contributed by atoms with E-state index >= 15 is 0 Å². The summed E-state index contributed by atoms with van der Waals surface area (Å²) in [4.78, 5) is 27.1. The lowest BCUT2D eigenvalue weighted by molar-refractivity contribution is -0.255. The number of hydrogen-bond donors (Lipinski definition) is 1. The molecule has 0 aliphatic heterocycles. The van der Waals surface area contributed by atoms with Crippen LogP contribution in [0.15, 0.2) is 41.0 Å². The maximum absolute atomic E-state index is 11.8. The molecule has 3 rings (SSSR count). The number of hydrogen-bond acceptors (Lipinski definition) is 5. The zero-order valence-electron chi connectivity index (χ0n) is 12.4. The van der Waals surface area contributed by atoms with E-state index in [4.69, 9.17) is 4.42 Å². The molecule has 1 aromatic carbocycles. The summed E-state index contributed by atoms with van der Waals surface area (Å²) < 4.78 is 6.88. The minimum absolute atomic E-state index is 0.0910. The van der Waals surface area contributed by atoms with Gasteiger partial charge in [-0.1, -0.05) is 6.07 Å². The van der Waals surface area contributed by atoms with E-state index in [2.05, 4.69) is 10.3 Å². The van der Waals surface area contributed by atoms with Crippen LogP contribution < -0.4 is 10.4 Å². The van der Waals surface area contributed by atoms with Crippen LogP contribution >= 0.6 is 0 Å². The minimum atomic E-state index is -1.23. The Hall–Kier alpha value is -3.09. The van der Waals surface area contributed by atoms with E-state index in [0.717, 1.165) is 11.3 Å². The van der Waals surface area contributed by atoms with Gasteiger partial charge < -0.3 is 24.2 Å². The topological polar surface area (TPSA) is 100 Å². The van der Waals surface area contributed by atoms with Crippen molar-refractivity contribution < 1.29 is 19.1 Å². The Morgan fingerprint density at radius 2 is 2.17 bits per heavy atom. The van der Waals surface area contributed by atoms with Crippen LogP contribution in [0.4, 0.5) is 0 Å². The van der Waals surface area contributed by atoms with Crippen molar-refractivity contribution in [3.63, 3.8) is 0 Å². The zero-order valence-corrected chi connectivity index (χ0v) is 12.4. The Morgan fingerprint density at radius 1 is 1.35 bits per heavy atom. The molecule has 0 aliphatic rings. The number of fused-ring (bicyclic) bond motifs is 1. The summed E-state index contributed by atoms with van der Waals surface area (Å²) in [6.45, 7) is 0.393. The summed E-state index contributed by atoms with van der Waals surface area (Å²) in [5, 5.41) is 13.6. The Kier molecular flexibility index (Phi) is 3.84. The molecule has 0 aliphatic carbocycles. The molecule has 0 atom stereocenters. The van der Waals surface area contributed by atoms with Gasteiger partial charge in [0.15, 0.2) is 5.76 Å². The first kappa shape index (κ1) is 14.8. The van der Waals surface area contributed by atoms with E-state index in [1.165, 1.54) is 18.4 Å². The number of aromatic nitrogens is 2. The van der Waals surface area contributed by atoms with E-state index in [0.29, 0.717) is 18.5 Å². The molecule has 3 aromatic rings. The average molecular weight is 312 g/mol. The number of amides is 1. The summed E-state index contributed by atoms with van der Waals surface area (Å²) >= 11 is 0. The van der Waals surface area contributed by atoms with Crippen LogP contribution in [-0.2, 0) is 13.5 Å². The van der Waals surface area contributed by atoms with Crippen LogP contribution in [0.1, 0.15) is 26.7 Å². The molecule has 0 spiro atoms. The van der Waals surface area contributed by atoms with E-state index < -0.39 is 5.97 Å². The highest BCUT2D eigenvalue weighted by Crippen LogP contribution is 2.17. The zero-order chi connectivity index (χ0) is 16.4. The number of carboxylic acid groups (broad SMARTS) is 1. The molecule has 0 saturated carbocycles. The molecule has 2 heterocycles. The van der Waals surface area contributed by atoms with Gasteiger partial charge in [0, 0.05) is 20.0 Å². The van der Waals surface area contributed by atoms with Gasteiger partial charge in [-0.2, -0.15) is 0 Å². The maximum Gasteiger partial charge on any atom is 0.286 e. The second-order valence-electron chi connectivity index (χ2n) is 5.06. The second kappa shape index (κ2) is 5.96. The molecular formula is C16H14N3O4-. The normalized spacial score (nSPS) is 10.8. The van der Waals surface area contributed by atoms with Gasteiger partial charge in [0.25, 0.3) is 5.91 Å². The minimum Gasteiger partial charge on any atom is -0.545 e. The van der Waals surface area contributed by atoms with Gasteiger partial charge >= 0.3 is 0 Å². The van der Waals surface area contributed by atoms with Crippen molar-refractivity contribution in [1.82, 2.24) is 14.9 Å². The lowest BCUT2D eigenvalue weighted by atomic mass is 10.2. The van der Waals surface area contributed by atoms with E-state index in [1.807, 2.05) is 11.6 Å². The van der Waals surface area contributed by atoms with Gasteiger partial charge in [0.1, 0.15) is 5.82 Å². The number of aryl methyl sites for hydroxylation is 1. The van der Waals surface area contributed by atoms with E-state index in [1.54, 1.807) is 18.2 Å². The van der Waals surface area contributed by atoms with Crippen LogP contribution in [0.2, 0.25) is 0 Å². The Bertz CT molecular complexity index is 865.